The van der Waals surface area contributed by atoms with Crippen LogP contribution < -0.4 is 15.5 Å². The number of nitrogens with one attached hydrogen (secondary N) is 2. The van der Waals surface area contributed by atoms with Gasteiger partial charge in [0.05, 0.1) is 11.8 Å². The third-order valence-electron chi connectivity index (χ3n) is 5.79. The lowest BCUT2D eigenvalue weighted by atomic mass is 10.2. The van der Waals surface area contributed by atoms with Gasteiger partial charge in [-0.1, -0.05) is 17.7 Å². The molecule has 2 fully saturated rings. The first-order valence-electron chi connectivity index (χ1n) is 10.2. The van der Waals surface area contributed by atoms with Crippen molar-refractivity contribution in [1.29, 1.82) is 0 Å². The molecule has 0 aromatic heterocycles. The normalized spacial score (nSPS) is 21.5. The van der Waals surface area contributed by atoms with Gasteiger partial charge < -0.3 is 20.4 Å². The number of carbonyl (C=O) groups is 2. The third kappa shape index (κ3) is 4.77. The van der Waals surface area contributed by atoms with Crippen molar-refractivity contribution in [2.75, 3.05) is 48.8 Å². The van der Waals surface area contributed by atoms with E-state index < -0.39 is 0 Å². The minimum Gasteiger partial charge on any atom is -0.369 e. The van der Waals surface area contributed by atoms with E-state index in [1.807, 2.05) is 43.3 Å². The molecule has 2 aliphatic rings. The molecule has 1 aliphatic carbocycles. The highest BCUT2D eigenvalue weighted by atomic mass is 16.2. The summed E-state index contributed by atoms with van der Waals surface area (Å²) < 4.78 is 0. The average Bonchev–Trinajstić information content (AvgIpc) is 3.52. The third-order valence-corrected chi connectivity index (χ3v) is 5.79. The highest BCUT2D eigenvalue weighted by Crippen LogP contribution is 2.40. The standard InChI is InChI=1S/C23H28N4O2/c1-16-3-5-17(6-4-16)24-22(28)20-15-21(20)23(29)25-18-7-9-19(10-8-18)27-13-11-26(2)12-14-27/h3-10,20-21H,11-15H2,1-2H3,(H,24,28)(H,25,29). The summed E-state index contributed by atoms with van der Waals surface area (Å²) >= 11 is 0. The number of carbonyl (C=O) groups excluding carboxylic acids is 2. The van der Waals surface area contributed by atoms with E-state index in [9.17, 15) is 9.59 Å². The van der Waals surface area contributed by atoms with Gasteiger partial charge >= 0.3 is 0 Å². The smallest absolute Gasteiger partial charge is 0.228 e. The number of rotatable bonds is 5. The van der Waals surface area contributed by atoms with Gasteiger partial charge in [-0.25, -0.2) is 0 Å². The Hall–Kier alpha value is -2.86. The molecule has 152 valence electrons. The predicted octanol–water partition coefficient (Wildman–Crippen LogP) is 2.96. The summed E-state index contributed by atoms with van der Waals surface area (Å²) in [5, 5.41) is 5.85. The number of piperazine rings is 1. The molecular weight excluding hydrogens is 364 g/mol. The topological polar surface area (TPSA) is 64.7 Å². The van der Waals surface area contributed by atoms with Crippen molar-refractivity contribution in [3.63, 3.8) is 0 Å². The van der Waals surface area contributed by atoms with Crippen LogP contribution in [0.1, 0.15) is 12.0 Å². The van der Waals surface area contributed by atoms with Crippen LogP contribution in [0.5, 0.6) is 0 Å². The molecule has 6 nitrogen and oxygen atoms in total. The zero-order chi connectivity index (χ0) is 20.4. The Morgan fingerprint density at radius 1 is 0.793 bits per heavy atom. The fourth-order valence-corrected chi connectivity index (χ4v) is 3.70. The van der Waals surface area contributed by atoms with Gasteiger partial charge in [0.2, 0.25) is 11.8 Å². The highest BCUT2D eigenvalue weighted by Gasteiger charge is 2.48. The first kappa shape index (κ1) is 19.5. The van der Waals surface area contributed by atoms with Crippen LogP contribution in [-0.2, 0) is 9.59 Å². The first-order chi connectivity index (χ1) is 14.0. The molecule has 0 spiro atoms. The van der Waals surface area contributed by atoms with Crippen LogP contribution in [0, 0.1) is 18.8 Å². The van der Waals surface area contributed by atoms with Crippen LogP contribution in [0.3, 0.4) is 0 Å². The molecule has 2 aromatic carbocycles. The van der Waals surface area contributed by atoms with Gasteiger partial charge in [0.1, 0.15) is 0 Å². The summed E-state index contributed by atoms with van der Waals surface area (Å²) in [6.45, 7) is 6.16. The van der Waals surface area contributed by atoms with Crippen LogP contribution in [0.25, 0.3) is 0 Å². The molecule has 0 bridgehead atoms. The molecule has 0 radical (unpaired) electrons. The second-order valence-electron chi connectivity index (χ2n) is 8.13. The van der Waals surface area contributed by atoms with E-state index in [-0.39, 0.29) is 23.7 Å². The summed E-state index contributed by atoms with van der Waals surface area (Å²) in [7, 11) is 2.14. The molecule has 2 atom stereocenters. The molecule has 2 unspecified atom stereocenters. The van der Waals surface area contributed by atoms with Crippen LogP contribution in [-0.4, -0.2) is 49.9 Å². The van der Waals surface area contributed by atoms with E-state index in [2.05, 4.69) is 39.6 Å². The maximum atomic E-state index is 12.5. The minimum atomic E-state index is -0.252. The number of nitrogens with zero attached hydrogens (tertiary/aromatic N) is 2. The van der Waals surface area contributed by atoms with Gasteiger partial charge in [-0.05, 0) is 56.8 Å². The molecule has 29 heavy (non-hydrogen) atoms. The molecule has 2 N–H and O–H groups in total. The fraction of sp³-hybridized carbons (Fsp3) is 0.391. The van der Waals surface area contributed by atoms with Gasteiger partial charge in [0.25, 0.3) is 0 Å². The van der Waals surface area contributed by atoms with E-state index >= 15 is 0 Å². The maximum Gasteiger partial charge on any atom is 0.228 e. The molecule has 4 rings (SSSR count). The van der Waals surface area contributed by atoms with Crippen molar-refractivity contribution in [1.82, 2.24) is 4.90 Å². The summed E-state index contributed by atoms with van der Waals surface area (Å²) in [6.07, 6.45) is 0.600. The van der Waals surface area contributed by atoms with Crippen molar-refractivity contribution < 1.29 is 9.59 Å². The Morgan fingerprint density at radius 3 is 1.79 bits per heavy atom. The Morgan fingerprint density at radius 2 is 1.28 bits per heavy atom. The molecule has 2 amide bonds. The maximum absolute atomic E-state index is 12.5. The number of anilines is 3. The SMILES string of the molecule is Cc1ccc(NC(=O)C2CC2C(=O)Nc2ccc(N3CCN(C)CC3)cc2)cc1. The second kappa shape index (κ2) is 8.25. The Labute approximate surface area is 171 Å². The van der Waals surface area contributed by atoms with Gasteiger partial charge in [0.15, 0.2) is 0 Å². The molecule has 1 heterocycles. The van der Waals surface area contributed by atoms with E-state index in [1.54, 1.807) is 0 Å². The van der Waals surface area contributed by atoms with Crippen LogP contribution in [0.2, 0.25) is 0 Å². The Kier molecular flexibility index (Phi) is 5.53. The second-order valence-corrected chi connectivity index (χ2v) is 8.13. The minimum absolute atomic E-state index is 0.0820. The fourth-order valence-electron chi connectivity index (χ4n) is 3.70. The van der Waals surface area contributed by atoms with Gasteiger partial charge in [-0.3, -0.25) is 9.59 Å². The quantitative estimate of drug-likeness (QED) is 0.821. The molecule has 1 saturated carbocycles. The zero-order valence-corrected chi connectivity index (χ0v) is 17.0. The number of benzene rings is 2. The van der Waals surface area contributed by atoms with Gasteiger partial charge in [0, 0.05) is 43.2 Å². The molecular formula is C23H28N4O2. The lowest BCUT2D eigenvalue weighted by Crippen LogP contribution is -2.44. The van der Waals surface area contributed by atoms with E-state index in [0.717, 1.165) is 43.1 Å². The number of amides is 2. The van der Waals surface area contributed by atoms with Crippen molar-refractivity contribution in [3.05, 3.63) is 54.1 Å². The van der Waals surface area contributed by atoms with Crippen LogP contribution in [0.4, 0.5) is 17.1 Å². The van der Waals surface area contributed by atoms with E-state index in [1.165, 1.54) is 5.69 Å². The summed E-state index contributed by atoms with van der Waals surface area (Å²) in [4.78, 5) is 29.6. The van der Waals surface area contributed by atoms with Crippen LogP contribution >= 0.6 is 0 Å². The summed E-state index contributed by atoms with van der Waals surface area (Å²) in [5.41, 5.74) is 3.87. The van der Waals surface area contributed by atoms with Crippen molar-refractivity contribution >= 4 is 28.9 Å². The Bertz CT molecular complexity index is 871. The first-order valence-corrected chi connectivity index (χ1v) is 10.2. The largest absolute Gasteiger partial charge is 0.369 e. The van der Waals surface area contributed by atoms with Gasteiger partial charge in [-0.15, -0.1) is 0 Å². The number of hydrogen-bond acceptors (Lipinski definition) is 4. The average molecular weight is 393 g/mol. The highest BCUT2D eigenvalue weighted by molar-refractivity contribution is 6.03. The summed E-state index contributed by atoms with van der Waals surface area (Å²) in [6, 6.07) is 15.7. The molecule has 6 heteroatoms. The van der Waals surface area contributed by atoms with E-state index in [0.29, 0.717) is 6.42 Å². The monoisotopic (exact) mass is 392 g/mol. The lowest BCUT2D eigenvalue weighted by Gasteiger charge is -2.34. The Balaban J connectivity index is 1.27. The number of aryl methyl sites for hydroxylation is 1. The molecule has 1 saturated heterocycles. The predicted molar refractivity (Wildman–Crippen MR) is 116 cm³/mol. The van der Waals surface area contributed by atoms with E-state index in [4.69, 9.17) is 0 Å². The van der Waals surface area contributed by atoms with Crippen molar-refractivity contribution in [2.45, 2.75) is 13.3 Å². The zero-order valence-electron chi connectivity index (χ0n) is 17.0. The van der Waals surface area contributed by atoms with Gasteiger partial charge in [-0.2, -0.15) is 0 Å². The number of hydrogen-bond donors (Lipinski definition) is 2. The van der Waals surface area contributed by atoms with Crippen molar-refractivity contribution in [2.24, 2.45) is 11.8 Å². The van der Waals surface area contributed by atoms with Crippen molar-refractivity contribution in [3.8, 4) is 0 Å². The van der Waals surface area contributed by atoms with Crippen LogP contribution in [0.15, 0.2) is 48.5 Å². The molecule has 2 aromatic rings. The molecule has 1 aliphatic heterocycles. The lowest BCUT2D eigenvalue weighted by molar-refractivity contribution is -0.122. The summed E-state index contributed by atoms with van der Waals surface area (Å²) in [5.74, 6) is -0.667. The number of likely N-dealkylation sites (N-methyl/N-ethyl adjacent to an activating group) is 1.